The van der Waals surface area contributed by atoms with Crippen molar-refractivity contribution >= 4 is 22.5 Å². The van der Waals surface area contributed by atoms with Gasteiger partial charge < -0.3 is 10.1 Å². The van der Waals surface area contributed by atoms with E-state index in [1.54, 1.807) is 7.11 Å². The predicted molar refractivity (Wildman–Crippen MR) is 152 cm³/mol. The van der Waals surface area contributed by atoms with E-state index in [0.717, 1.165) is 58.6 Å². The van der Waals surface area contributed by atoms with Crippen molar-refractivity contribution in [2.24, 2.45) is 0 Å². The van der Waals surface area contributed by atoms with Crippen molar-refractivity contribution in [3.8, 4) is 17.0 Å². The maximum atomic E-state index is 13.2. The SMILES string of the molecule is COc1ccc2c(c1)CCc1nc(NC(=O)Cc3ccc4ccccc4c3)c(CCc3ccccc3)nc1-2. The molecule has 0 saturated carbocycles. The minimum atomic E-state index is -0.0866. The summed E-state index contributed by atoms with van der Waals surface area (Å²) < 4.78 is 5.43. The van der Waals surface area contributed by atoms with Gasteiger partial charge in [0.15, 0.2) is 5.82 Å². The highest BCUT2D eigenvalue weighted by atomic mass is 16.5. The Bertz CT molecular complexity index is 1630. The average Bonchev–Trinajstić information content (AvgIpc) is 2.96. The number of methoxy groups -OCH3 is 1. The van der Waals surface area contributed by atoms with E-state index in [9.17, 15) is 4.79 Å². The summed E-state index contributed by atoms with van der Waals surface area (Å²) >= 11 is 0. The molecular formula is C33H29N3O2. The van der Waals surface area contributed by atoms with Crippen LogP contribution in [0.15, 0.2) is 91.0 Å². The van der Waals surface area contributed by atoms with Gasteiger partial charge in [0.2, 0.25) is 5.91 Å². The van der Waals surface area contributed by atoms with Crippen molar-refractivity contribution in [3.63, 3.8) is 0 Å². The van der Waals surface area contributed by atoms with Gasteiger partial charge in [0.1, 0.15) is 5.75 Å². The number of hydrogen-bond donors (Lipinski definition) is 1. The molecule has 6 rings (SSSR count). The lowest BCUT2D eigenvalue weighted by atomic mass is 9.91. The second-order valence-corrected chi connectivity index (χ2v) is 9.73. The monoisotopic (exact) mass is 499 g/mol. The van der Waals surface area contributed by atoms with Gasteiger partial charge in [-0.3, -0.25) is 4.79 Å². The normalized spacial score (nSPS) is 12.0. The first kappa shape index (κ1) is 23.9. The topological polar surface area (TPSA) is 64.1 Å². The molecule has 0 fully saturated rings. The van der Waals surface area contributed by atoms with Crippen LogP contribution in [0.1, 0.15) is 28.1 Å². The molecule has 0 aliphatic heterocycles. The van der Waals surface area contributed by atoms with Gasteiger partial charge in [-0.05, 0) is 71.3 Å². The highest BCUT2D eigenvalue weighted by molar-refractivity contribution is 5.93. The zero-order valence-corrected chi connectivity index (χ0v) is 21.4. The molecule has 1 amide bonds. The number of aryl methyl sites for hydroxylation is 4. The number of carbonyl (C=O) groups is 1. The van der Waals surface area contributed by atoms with Gasteiger partial charge >= 0.3 is 0 Å². The van der Waals surface area contributed by atoms with E-state index in [1.807, 2.05) is 42.5 Å². The molecule has 1 aliphatic rings. The number of nitrogens with one attached hydrogen (secondary N) is 1. The van der Waals surface area contributed by atoms with Crippen LogP contribution in [0.5, 0.6) is 5.75 Å². The molecule has 0 atom stereocenters. The lowest BCUT2D eigenvalue weighted by Crippen LogP contribution is -2.20. The van der Waals surface area contributed by atoms with Crippen molar-refractivity contribution in [1.82, 2.24) is 9.97 Å². The number of carbonyl (C=O) groups excluding carboxylic acids is 1. The number of rotatable bonds is 7. The Balaban J connectivity index is 1.30. The van der Waals surface area contributed by atoms with Crippen LogP contribution in [0.3, 0.4) is 0 Å². The number of ether oxygens (including phenoxy) is 1. The van der Waals surface area contributed by atoms with E-state index in [4.69, 9.17) is 14.7 Å². The Morgan fingerprint density at radius 3 is 2.47 bits per heavy atom. The number of aromatic nitrogens is 2. The van der Waals surface area contributed by atoms with Crippen molar-refractivity contribution in [2.75, 3.05) is 12.4 Å². The molecule has 5 aromatic rings. The summed E-state index contributed by atoms with van der Waals surface area (Å²) in [5, 5.41) is 5.40. The average molecular weight is 500 g/mol. The summed E-state index contributed by atoms with van der Waals surface area (Å²) in [5.41, 5.74) is 7.15. The first-order valence-corrected chi connectivity index (χ1v) is 13.0. The van der Waals surface area contributed by atoms with E-state index in [2.05, 4.69) is 53.8 Å². The van der Waals surface area contributed by atoms with Gasteiger partial charge in [-0.1, -0.05) is 72.8 Å². The van der Waals surface area contributed by atoms with E-state index in [-0.39, 0.29) is 12.3 Å². The standard InChI is InChI=1S/C33H29N3O2/c1-38-27-15-16-28-26(21-27)14-18-29-32(28)34-30(17-12-22-7-3-2-4-8-22)33(35-29)36-31(37)20-23-11-13-24-9-5-6-10-25(24)19-23/h2-11,13,15-16,19,21H,12,14,17-18,20H2,1H3,(H,35,36,37). The third kappa shape index (κ3) is 5.00. The number of anilines is 1. The van der Waals surface area contributed by atoms with Crippen LogP contribution in [-0.4, -0.2) is 23.0 Å². The maximum absolute atomic E-state index is 13.2. The second-order valence-electron chi connectivity index (χ2n) is 9.73. The van der Waals surface area contributed by atoms with E-state index < -0.39 is 0 Å². The minimum Gasteiger partial charge on any atom is -0.497 e. The molecule has 188 valence electrons. The molecule has 5 nitrogen and oxygen atoms in total. The number of benzene rings is 4. The zero-order valence-electron chi connectivity index (χ0n) is 21.4. The van der Waals surface area contributed by atoms with Crippen LogP contribution in [0.4, 0.5) is 5.82 Å². The summed E-state index contributed by atoms with van der Waals surface area (Å²) in [4.78, 5) is 23.3. The fourth-order valence-corrected chi connectivity index (χ4v) is 5.18. The summed E-state index contributed by atoms with van der Waals surface area (Å²) in [5.74, 6) is 1.33. The Morgan fingerprint density at radius 2 is 1.63 bits per heavy atom. The number of hydrogen-bond acceptors (Lipinski definition) is 4. The van der Waals surface area contributed by atoms with Crippen molar-refractivity contribution in [3.05, 3.63) is 119 Å². The molecule has 1 aliphatic carbocycles. The lowest BCUT2D eigenvalue weighted by Gasteiger charge is -2.21. The van der Waals surface area contributed by atoms with Crippen LogP contribution in [0, 0.1) is 0 Å². The predicted octanol–water partition coefficient (Wildman–Crippen LogP) is 6.37. The number of fused-ring (bicyclic) bond motifs is 4. The van der Waals surface area contributed by atoms with Crippen molar-refractivity contribution in [2.45, 2.75) is 32.1 Å². The van der Waals surface area contributed by atoms with Gasteiger partial charge in [-0.25, -0.2) is 9.97 Å². The highest BCUT2D eigenvalue weighted by Crippen LogP contribution is 2.35. The summed E-state index contributed by atoms with van der Waals surface area (Å²) in [7, 11) is 1.69. The molecule has 0 bridgehead atoms. The Morgan fingerprint density at radius 1 is 0.816 bits per heavy atom. The fraction of sp³-hybridized carbons (Fsp3) is 0.182. The number of nitrogens with zero attached hydrogens (tertiary/aromatic N) is 2. The largest absolute Gasteiger partial charge is 0.497 e. The molecule has 0 saturated heterocycles. The summed E-state index contributed by atoms with van der Waals surface area (Å²) in [6.07, 6.45) is 3.42. The Kier molecular flexibility index (Phi) is 6.57. The molecule has 0 unspecified atom stereocenters. The third-order valence-corrected chi connectivity index (χ3v) is 7.17. The molecular weight excluding hydrogens is 470 g/mol. The number of amides is 1. The molecule has 5 heteroatoms. The van der Waals surface area contributed by atoms with Crippen LogP contribution in [-0.2, 0) is 36.9 Å². The smallest absolute Gasteiger partial charge is 0.229 e. The highest BCUT2D eigenvalue weighted by Gasteiger charge is 2.23. The molecule has 1 N–H and O–H groups in total. The first-order chi connectivity index (χ1) is 18.7. The summed E-state index contributed by atoms with van der Waals surface area (Å²) in [6, 6.07) is 30.8. The molecule has 1 heterocycles. The van der Waals surface area contributed by atoms with Crippen LogP contribution >= 0.6 is 0 Å². The van der Waals surface area contributed by atoms with Gasteiger partial charge in [-0.15, -0.1) is 0 Å². The van der Waals surface area contributed by atoms with Gasteiger partial charge in [0.25, 0.3) is 0 Å². The Hall–Kier alpha value is -4.51. The van der Waals surface area contributed by atoms with E-state index >= 15 is 0 Å². The zero-order chi connectivity index (χ0) is 25.9. The quantitative estimate of drug-likeness (QED) is 0.283. The van der Waals surface area contributed by atoms with Crippen LogP contribution in [0.25, 0.3) is 22.0 Å². The third-order valence-electron chi connectivity index (χ3n) is 7.17. The minimum absolute atomic E-state index is 0.0866. The molecule has 1 aromatic heterocycles. The molecule has 0 radical (unpaired) electrons. The lowest BCUT2D eigenvalue weighted by molar-refractivity contribution is -0.115. The molecule has 0 spiro atoms. The van der Waals surface area contributed by atoms with Crippen molar-refractivity contribution in [1.29, 1.82) is 0 Å². The van der Waals surface area contributed by atoms with Gasteiger partial charge in [-0.2, -0.15) is 0 Å². The first-order valence-electron chi connectivity index (χ1n) is 13.0. The van der Waals surface area contributed by atoms with Crippen LogP contribution in [0.2, 0.25) is 0 Å². The maximum Gasteiger partial charge on any atom is 0.229 e. The Labute approximate surface area is 222 Å². The summed E-state index contributed by atoms with van der Waals surface area (Å²) in [6.45, 7) is 0. The fourth-order valence-electron chi connectivity index (χ4n) is 5.18. The molecule has 38 heavy (non-hydrogen) atoms. The van der Waals surface area contributed by atoms with Crippen molar-refractivity contribution < 1.29 is 9.53 Å². The van der Waals surface area contributed by atoms with Gasteiger partial charge in [0.05, 0.1) is 30.6 Å². The van der Waals surface area contributed by atoms with E-state index in [1.165, 1.54) is 16.5 Å². The molecule has 4 aromatic carbocycles. The second kappa shape index (κ2) is 10.5. The van der Waals surface area contributed by atoms with Gasteiger partial charge in [0, 0.05) is 5.56 Å². The van der Waals surface area contributed by atoms with E-state index in [0.29, 0.717) is 12.2 Å². The van der Waals surface area contributed by atoms with Crippen LogP contribution < -0.4 is 10.1 Å².